The van der Waals surface area contributed by atoms with Gasteiger partial charge in [0.05, 0.1) is 0 Å². The molecular weight excluding hydrogens is 511 g/mol. The first-order valence-corrected chi connectivity index (χ1v) is 16.6. The Morgan fingerprint density at radius 2 is 1.75 bits per heavy atom. The summed E-state index contributed by atoms with van der Waals surface area (Å²) in [6, 6.07) is 10.5. The quantitative estimate of drug-likeness (QED) is 0.213. The number of anilines is 1. The number of aryl methyl sites for hydroxylation is 1. The largest absolute Gasteiger partial charge is 0.382 e. The van der Waals surface area contributed by atoms with Gasteiger partial charge >= 0.3 is 0 Å². The van der Waals surface area contributed by atoms with Crippen LogP contribution in [0.5, 0.6) is 0 Å². The van der Waals surface area contributed by atoms with Crippen molar-refractivity contribution in [3.8, 4) is 0 Å². The van der Waals surface area contributed by atoms with E-state index in [0.29, 0.717) is 30.4 Å². The van der Waals surface area contributed by atoms with Crippen molar-refractivity contribution in [3.63, 3.8) is 0 Å². The highest BCUT2D eigenvalue weighted by Gasteiger charge is 2.31. The Morgan fingerprint density at radius 3 is 2.38 bits per heavy atom. The van der Waals surface area contributed by atoms with Crippen LogP contribution in [0.25, 0.3) is 5.70 Å². The number of hydrogen-bond acceptors (Lipinski definition) is 2. The van der Waals surface area contributed by atoms with Crippen molar-refractivity contribution in [2.24, 2.45) is 11.8 Å². The Bertz CT molecular complexity index is 1500. The number of nitrogens with one attached hydrogen (secondary N) is 2. The van der Waals surface area contributed by atoms with Crippen molar-refractivity contribution in [1.82, 2.24) is 5.32 Å². The molecule has 2 N–H and O–H groups in total. The van der Waals surface area contributed by atoms with Crippen molar-refractivity contribution < 1.29 is 4.39 Å². The summed E-state index contributed by atoms with van der Waals surface area (Å²) < 4.78 is 19.1. The van der Waals surface area contributed by atoms with Crippen molar-refractivity contribution in [1.29, 1.82) is 0 Å². The summed E-state index contributed by atoms with van der Waals surface area (Å²) in [5, 5.41) is 3.59. The van der Waals surface area contributed by atoms with Crippen LogP contribution in [0.2, 0.25) is 0 Å². The van der Waals surface area contributed by atoms with E-state index in [1.165, 1.54) is 42.6 Å². The van der Waals surface area contributed by atoms with E-state index in [1.807, 2.05) is 13.0 Å². The number of rotatable bonds is 11. The van der Waals surface area contributed by atoms with Gasteiger partial charge in [-0.1, -0.05) is 60.8 Å². The summed E-state index contributed by atoms with van der Waals surface area (Å²) in [5.41, 5.74) is 9.06. The van der Waals surface area contributed by atoms with Crippen molar-refractivity contribution in [2.75, 3.05) is 4.72 Å². The molecule has 40 heavy (non-hydrogen) atoms. The molecule has 4 heteroatoms. The Labute approximate surface area is 241 Å². The van der Waals surface area contributed by atoms with Crippen LogP contribution < -0.4 is 10.0 Å². The van der Waals surface area contributed by atoms with Gasteiger partial charge in [0, 0.05) is 28.8 Å². The van der Waals surface area contributed by atoms with E-state index in [9.17, 15) is 0 Å². The number of allylic oxidation sites excluding steroid dienone is 4. The third kappa shape index (κ3) is 6.49. The normalized spacial score (nSPS) is 19.4. The average Bonchev–Trinajstić information content (AvgIpc) is 3.70. The highest BCUT2D eigenvalue weighted by molar-refractivity contribution is 8.32. The molecule has 0 spiro atoms. The maximum atomic E-state index is 15.4. The van der Waals surface area contributed by atoms with Gasteiger partial charge in [0.2, 0.25) is 0 Å². The molecule has 5 rings (SSSR count). The molecule has 2 saturated carbocycles. The molecule has 1 unspecified atom stereocenters. The topological polar surface area (TPSA) is 24.1 Å². The van der Waals surface area contributed by atoms with Crippen molar-refractivity contribution >= 4 is 32.5 Å². The predicted octanol–water partition coefficient (Wildman–Crippen LogP) is 9.21. The van der Waals surface area contributed by atoms with Crippen LogP contribution in [0.1, 0.15) is 80.2 Å². The average molecular weight is 557 g/mol. The lowest BCUT2D eigenvalue weighted by molar-refractivity contribution is 0.378. The van der Waals surface area contributed by atoms with Gasteiger partial charge in [-0.3, -0.25) is 0 Å². The highest BCUT2D eigenvalue weighted by Crippen LogP contribution is 2.47. The smallest absolute Gasteiger partial charge is 0.127 e. The van der Waals surface area contributed by atoms with Crippen molar-refractivity contribution in [3.05, 3.63) is 105 Å². The fourth-order valence-corrected chi connectivity index (χ4v) is 7.82. The Morgan fingerprint density at radius 1 is 1.00 bits per heavy atom. The number of hydrogen-bond donors (Lipinski definition) is 2. The molecule has 212 valence electrons. The Balaban J connectivity index is 1.46. The predicted molar refractivity (Wildman–Crippen MR) is 177 cm³/mol. The van der Waals surface area contributed by atoms with Crippen LogP contribution in [0.15, 0.2) is 71.7 Å². The Kier molecular flexibility index (Phi) is 8.20. The zero-order valence-corrected chi connectivity index (χ0v) is 25.4. The molecule has 1 atom stereocenters. The van der Waals surface area contributed by atoms with E-state index in [1.54, 1.807) is 6.07 Å². The molecule has 2 aromatic rings. The Hall–Kier alpha value is -2.98. The monoisotopic (exact) mass is 556 g/mol. The molecule has 3 aliphatic carbocycles. The second kappa shape index (κ2) is 11.5. The fourth-order valence-electron chi connectivity index (χ4n) is 6.00. The van der Waals surface area contributed by atoms with Crippen LogP contribution >= 0.6 is 9.39 Å². The zero-order valence-electron chi connectivity index (χ0n) is 24.5. The molecule has 2 nitrogen and oxygen atoms in total. The molecule has 0 aliphatic heterocycles. The minimum absolute atomic E-state index is 0.171. The molecule has 3 aliphatic rings. The summed E-state index contributed by atoms with van der Waals surface area (Å²) in [6.45, 7) is 14.6. The molecule has 0 heterocycles. The first kappa shape index (κ1) is 28.5. The lowest BCUT2D eigenvalue weighted by Crippen LogP contribution is -2.33. The molecular formula is C36H45FN2S. The van der Waals surface area contributed by atoms with Gasteiger partial charge < -0.3 is 10.0 Å². The minimum Gasteiger partial charge on any atom is -0.382 e. The van der Waals surface area contributed by atoms with Gasteiger partial charge in [-0.15, -0.1) is 9.39 Å². The number of halogens is 1. The summed E-state index contributed by atoms with van der Waals surface area (Å²) in [6.07, 6.45) is 13.4. The fraction of sp³-hybridized carbons (Fsp3) is 0.389. The maximum absolute atomic E-state index is 15.4. The van der Waals surface area contributed by atoms with Gasteiger partial charge in [-0.05, 0) is 123 Å². The zero-order chi connectivity index (χ0) is 28.6. The van der Waals surface area contributed by atoms with E-state index < -0.39 is 9.39 Å². The van der Waals surface area contributed by atoms with E-state index in [-0.39, 0.29) is 5.82 Å². The van der Waals surface area contributed by atoms with Gasteiger partial charge in [-0.2, -0.15) is 0 Å². The lowest BCUT2D eigenvalue weighted by atomic mass is 9.92. The van der Waals surface area contributed by atoms with E-state index in [2.05, 4.69) is 79.1 Å². The summed E-state index contributed by atoms with van der Waals surface area (Å²) in [5.74, 6) is 10.6. The van der Waals surface area contributed by atoms with Crippen LogP contribution in [-0.2, 0) is 12.8 Å². The van der Waals surface area contributed by atoms with Crippen LogP contribution in [0, 0.1) is 24.6 Å². The maximum Gasteiger partial charge on any atom is 0.127 e. The molecule has 0 bridgehead atoms. The van der Waals surface area contributed by atoms with Crippen LogP contribution in [0.3, 0.4) is 0 Å². The first-order chi connectivity index (χ1) is 19.0. The summed E-state index contributed by atoms with van der Waals surface area (Å²) in [7, 11) is -1.84. The van der Waals surface area contributed by atoms with Gasteiger partial charge in [0.1, 0.15) is 5.82 Å². The first-order valence-electron chi connectivity index (χ1n) is 14.7. The van der Waals surface area contributed by atoms with Crippen molar-refractivity contribution in [2.45, 2.75) is 78.2 Å². The molecule has 2 fully saturated rings. The second-order valence-electron chi connectivity index (χ2n) is 12.4. The molecule has 0 aromatic heterocycles. The molecule has 0 amide bonds. The minimum atomic E-state index is -1.84. The summed E-state index contributed by atoms with van der Waals surface area (Å²) >= 11 is 0. The third-order valence-electron chi connectivity index (χ3n) is 8.70. The van der Waals surface area contributed by atoms with E-state index in [4.69, 9.17) is 0 Å². The lowest BCUT2D eigenvalue weighted by Gasteiger charge is -2.30. The van der Waals surface area contributed by atoms with Crippen LogP contribution in [0.4, 0.5) is 10.1 Å². The van der Waals surface area contributed by atoms with E-state index >= 15 is 4.39 Å². The number of benzene rings is 2. The SMILES string of the molecule is C=C(C)Cc1cc(F)c(Cc2ccc(C(=C)NC3CCC3)cc2NS(=C)(=C)C2=CCC(C3CC3)C=C2C)cc1C. The van der Waals surface area contributed by atoms with Gasteiger partial charge in [-0.25, -0.2) is 4.39 Å². The van der Waals surface area contributed by atoms with Gasteiger partial charge in [0.15, 0.2) is 0 Å². The molecule has 0 radical (unpaired) electrons. The molecule has 2 aromatic carbocycles. The second-order valence-corrected chi connectivity index (χ2v) is 14.9. The molecule has 0 saturated heterocycles. The third-order valence-corrected chi connectivity index (χ3v) is 10.6. The summed E-state index contributed by atoms with van der Waals surface area (Å²) in [4.78, 5) is 1.22. The highest BCUT2D eigenvalue weighted by atomic mass is 32.2. The van der Waals surface area contributed by atoms with E-state index in [0.717, 1.165) is 51.6 Å². The standard InChI is InChI=1S/C36H45FN2S/c1-23(2)17-31-21-34(37)32(18-24(31)3)20-30-14-13-28(26(5)38-33-9-8-10-33)22-35(30)39-40(6,7)36-16-15-29(19-25(36)4)27-11-12-27/h13-14,16,18-19,21-22,27,29,33,38-39H,1,5-12,15,17,20H2,2-4H3. The van der Waals surface area contributed by atoms with Gasteiger partial charge in [0.25, 0.3) is 0 Å². The van der Waals surface area contributed by atoms with Crippen LogP contribution in [-0.4, -0.2) is 17.8 Å².